The summed E-state index contributed by atoms with van der Waals surface area (Å²) in [6.07, 6.45) is 2.90. The quantitative estimate of drug-likeness (QED) is 0.457. The first-order chi connectivity index (χ1) is 16.3. The number of hydrogen-bond acceptors (Lipinski definition) is 4. The fraction of sp³-hybridized carbons (Fsp3) is 0.231. The van der Waals surface area contributed by atoms with E-state index in [1.165, 1.54) is 31.2 Å². The lowest BCUT2D eigenvalue weighted by Crippen LogP contribution is -2.50. The molecule has 0 atom stereocenters. The fourth-order valence-corrected chi connectivity index (χ4v) is 5.04. The third-order valence-corrected chi connectivity index (χ3v) is 7.47. The lowest BCUT2D eigenvalue weighted by molar-refractivity contribution is -0.114. The molecule has 2 amide bonds. The van der Waals surface area contributed by atoms with Crippen LogP contribution in [0.2, 0.25) is 0 Å². The molecule has 1 fully saturated rings. The van der Waals surface area contributed by atoms with Gasteiger partial charge in [-0.2, -0.15) is 0 Å². The van der Waals surface area contributed by atoms with Crippen LogP contribution in [0.5, 0.6) is 0 Å². The highest BCUT2D eigenvalue weighted by molar-refractivity contribution is 7.89. The first-order valence-corrected chi connectivity index (χ1v) is 12.6. The zero-order chi connectivity index (χ0) is 24.2. The van der Waals surface area contributed by atoms with Crippen LogP contribution in [0.1, 0.15) is 47.7 Å². The highest BCUT2D eigenvalue weighted by Crippen LogP contribution is 2.41. The number of anilines is 1. The summed E-state index contributed by atoms with van der Waals surface area (Å²) in [6, 6.07) is 22.9. The average molecular weight is 478 g/mol. The van der Waals surface area contributed by atoms with Crippen LogP contribution in [-0.2, 0) is 26.9 Å². The Morgan fingerprint density at radius 1 is 0.882 bits per heavy atom. The number of sulfonamides is 1. The molecule has 8 heteroatoms. The van der Waals surface area contributed by atoms with E-state index in [2.05, 4.69) is 15.4 Å². The third-order valence-electron chi connectivity index (χ3n) is 6.05. The minimum Gasteiger partial charge on any atom is -0.343 e. The predicted octanol–water partition coefficient (Wildman–Crippen LogP) is 3.93. The Bertz CT molecular complexity index is 1270. The molecule has 1 aliphatic rings. The molecule has 4 rings (SSSR count). The van der Waals surface area contributed by atoms with Gasteiger partial charge in [0.2, 0.25) is 15.9 Å². The molecule has 3 aromatic rings. The van der Waals surface area contributed by atoms with Gasteiger partial charge in [-0.1, -0.05) is 42.5 Å². The molecule has 0 bridgehead atoms. The highest BCUT2D eigenvalue weighted by Gasteiger charge is 2.40. The maximum absolute atomic E-state index is 12.9. The van der Waals surface area contributed by atoms with Crippen LogP contribution < -0.4 is 15.4 Å². The lowest BCUT2D eigenvalue weighted by Gasteiger charge is -2.43. The largest absolute Gasteiger partial charge is 0.343 e. The third kappa shape index (κ3) is 5.35. The van der Waals surface area contributed by atoms with Gasteiger partial charge < -0.3 is 10.6 Å². The van der Waals surface area contributed by atoms with Crippen molar-refractivity contribution in [3.05, 3.63) is 95.6 Å². The van der Waals surface area contributed by atoms with E-state index >= 15 is 0 Å². The molecule has 34 heavy (non-hydrogen) atoms. The summed E-state index contributed by atoms with van der Waals surface area (Å²) in [4.78, 5) is 24.1. The topological polar surface area (TPSA) is 104 Å². The number of rotatable bonds is 8. The van der Waals surface area contributed by atoms with Crippen LogP contribution in [0.15, 0.2) is 83.8 Å². The van der Waals surface area contributed by atoms with E-state index in [4.69, 9.17) is 0 Å². The van der Waals surface area contributed by atoms with Gasteiger partial charge in [0.05, 0.1) is 10.4 Å². The second kappa shape index (κ2) is 9.79. The predicted molar refractivity (Wildman–Crippen MR) is 131 cm³/mol. The van der Waals surface area contributed by atoms with Crippen LogP contribution in [0, 0.1) is 0 Å². The molecule has 3 aromatic carbocycles. The van der Waals surface area contributed by atoms with Crippen molar-refractivity contribution in [3.8, 4) is 0 Å². The van der Waals surface area contributed by atoms with Crippen molar-refractivity contribution in [3.63, 3.8) is 0 Å². The molecular weight excluding hydrogens is 450 g/mol. The minimum atomic E-state index is -3.72. The molecule has 0 heterocycles. The second-order valence-corrected chi connectivity index (χ2v) is 10.2. The molecule has 0 aromatic heterocycles. The van der Waals surface area contributed by atoms with E-state index in [0.29, 0.717) is 11.3 Å². The summed E-state index contributed by atoms with van der Waals surface area (Å²) in [5.41, 5.74) is 2.59. The minimum absolute atomic E-state index is 0.0889. The van der Waals surface area contributed by atoms with E-state index in [1.807, 2.05) is 30.3 Å². The summed E-state index contributed by atoms with van der Waals surface area (Å²) in [5.74, 6) is -0.372. The smallest absolute Gasteiger partial charge is 0.251 e. The average Bonchev–Trinajstić information content (AvgIpc) is 2.81. The van der Waals surface area contributed by atoms with Gasteiger partial charge in [-0.15, -0.1) is 0 Å². The summed E-state index contributed by atoms with van der Waals surface area (Å²) < 4.78 is 27.7. The number of benzene rings is 3. The molecule has 0 saturated heterocycles. The molecule has 0 aliphatic heterocycles. The SMILES string of the molecule is CC(=O)Nc1ccc(S(=O)(=O)NCc2ccc(C(=O)NC3(c4ccccc4)CCC3)cc2)cc1. The zero-order valence-electron chi connectivity index (χ0n) is 18.9. The van der Waals surface area contributed by atoms with Crippen molar-refractivity contribution in [2.75, 3.05) is 5.32 Å². The number of carbonyl (C=O) groups excluding carboxylic acids is 2. The maximum atomic E-state index is 12.9. The summed E-state index contributed by atoms with van der Waals surface area (Å²) in [7, 11) is -3.72. The zero-order valence-corrected chi connectivity index (χ0v) is 19.7. The molecule has 0 unspecified atom stereocenters. The van der Waals surface area contributed by atoms with Crippen LogP contribution in [0.4, 0.5) is 5.69 Å². The van der Waals surface area contributed by atoms with Gasteiger partial charge in [0.25, 0.3) is 5.91 Å². The summed E-state index contributed by atoms with van der Waals surface area (Å²) in [5, 5.41) is 5.80. The Morgan fingerprint density at radius 2 is 1.53 bits per heavy atom. The van der Waals surface area contributed by atoms with Crippen molar-refractivity contribution in [1.82, 2.24) is 10.0 Å². The molecular formula is C26H27N3O4S. The van der Waals surface area contributed by atoms with Crippen molar-refractivity contribution in [1.29, 1.82) is 0 Å². The van der Waals surface area contributed by atoms with Gasteiger partial charge in [0.1, 0.15) is 0 Å². The van der Waals surface area contributed by atoms with E-state index in [0.717, 1.165) is 30.4 Å². The Kier molecular flexibility index (Phi) is 6.81. The van der Waals surface area contributed by atoms with Crippen LogP contribution >= 0.6 is 0 Å². The number of nitrogens with one attached hydrogen (secondary N) is 3. The molecule has 176 valence electrons. The summed E-state index contributed by atoms with van der Waals surface area (Å²) in [6.45, 7) is 1.47. The lowest BCUT2D eigenvalue weighted by atomic mass is 9.71. The highest BCUT2D eigenvalue weighted by atomic mass is 32.2. The molecule has 0 radical (unpaired) electrons. The number of carbonyl (C=O) groups is 2. The van der Waals surface area contributed by atoms with E-state index in [9.17, 15) is 18.0 Å². The maximum Gasteiger partial charge on any atom is 0.251 e. The van der Waals surface area contributed by atoms with E-state index < -0.39 is 10.0 Å². The van der Waals surface area contributed by atoms with Gasteiger partial charge in [0.15, 0.2) is 0 Å². The van der Waals surface area contributed by atoms with Gasteiger partial charge >= 0.3 is 0 Å². The first kappa shape index (κ1) is 23.7. The number of amides is 2. The van der Waals surface area contributed by atoms with Gasteiger partial charge in [-0.3, -0.25) is 9.59 Å². The van der Waals surface area contributed by atoms with E-state index in [-0.39, 0.29) is 28.8 Å². The first-order valence-electron chi connectivity index (χ1n) is 11.1. The van der Waals surface area contributed by atoms with Crippen LogP contribution in [0.3, 0.4) is 0 Å². The van der Waals surface area contributed by atoms with E-state index in [1.54, 1.807) is 24.3 Å². The van der Waals surface area contributed by atoms with Crippen molar-refractivity contribution >= 4 is 27.5 Å². The molecule has 0 spiro atoms. The van der Waals surface area contributed by atoms with Gasteiger partial charge in [0, 0.05) is 24.7 Å². The normalized spacial score (nSPS) is 14.6. The second-order valence-electron chi connectivity index (χ2n) is 8.48. The van der Waals surface area contributed by atoms with Crippen molar-refractivity contribution in [2.24, 2.45) is 0 Å². The van der Waals surface area contributed by atoms with Crippen molar-refractivity contribution in [2.45, 2.75) is 43.2 Å². The Balaban J connectivity index is 1.37. The molecule has 1 aliphatic carbocycles. The summed E-state index contributed by atoms with van der Waals surface area (Å²) >= 11 is 0. The fourth-order valence-electron chi connectivity index (χ4n) is 4.02. The molecule has 3 N–H and O–H groups in total. The molecule has 1 saturated carbocycles. The van der Waals surface area contributed by atoms with Crippen LogP contribution in [0.25, 0.3) is 0 Å². The standard InChI is InChI=1S/C26H27N3O4S/c1-19(30)28-23-12-14-24(15-13-23)34(32,33)27-18-20-8-10-21(11-9-20)25(31)29-26(16-5-17-26)22-6-3-2-4-7-22/h2-4,6-15,27H,5,16-18H2,1H3,(H,28,30)(H,29,31). The van der Waals surface area contributed by atoms with Gasteiger partial charge in [-0.25, -0.2) is 13.1 Å². The number of hydrogen-bond donors (Lipinski definition) is 3. The van der Waals surface area contributed by atoms with Gasteiger partial charge in [-0.05, 0) is 66.8 Å². The Labute approximate surface area is 199 Å². The van der Waals surface area contributed by atoms with Crippen LogP contribution in [-0.4, -0.2) is 20.2 Å². The molecule has 7 nitrogen and oxygen atoms in total. The monoisotopic (exact) mass is 477 g/mol. The van der Waals surface area contributed by atoms with Crippen molar-refractivity contribution < 1.29 is 18.0 Å². The Morgan fingerprint density at radius 3 is 2.09 bits per heavy atom. The Hall–Kier alpha value is -3.49.